The largest absolute Gasteiger partial charge is 0.497 e. The smallest absolute Gasteiger partial charge is 0.422 e. The predicted molar refractivity (Wildman–Crippen MR) is 101 cm³/mol. The third kappa shape index (κ3) is 4.37. The van der Waals surface area contributed by atoms with Gasteiger partial charge in [0, 0.05) is 13.0 Å². The van der Waals surface area contributed by atoms with Gasteiger partial charge in [-0.05, 0) is 47.4 Å². The first-order valence-corrected chi connectivity index (χ1v) is 8.69. The number of hydrogen-bond donors (Lipinski definition) is 1. The van der Waals surface area contributed by atoms with Crippen LogP contribution in [0.15, 0.2) is 54.3 Å². The second-order valence-electron chi connectivity index (χ2n) is 6.19. The standard InChI is InChI=1S/C21H19NO6/c1-27-17-8-3-7-16(13-17)15-6-2-5-14(11-15)12-18-20(25)22(21(26)28-18)10-4-9-19(23)24/h2-3,5-8,11-13H,4,9-10H2,1H3,(H,23,24)/b18-12-. The predicted octanol–water partition coefficient (Wildman–Crippen LogP) is 3.55. The van der Waals surface area contributed by atoms with Crippen LogP contribution in [0.25, 0.3) is 17.2 Å². The van der Waals surface area contributed by atoms with Crippen molar-refractivity contribution in [1.29, 1.82) is 0 Å². The zero-order valence-corrected chi connectivity index (χ0v) is 15.3. The van der Waals surface area contributed by atoms with Crippen LogP contribution in [-0.2, 0) is 14.3 Å². The van der Waals surface area contributed by atoms with Crippen LogP contribution in [0, 0.1) is 0 Å². The van der Waals surface area contributed by atoms with E-state index < -0.39 is 18.0 Å². The van der Waals surface area contributed by atoms with Crippen LogP contribution < -0.4 is 4.74 Å². The number of carboxylic acids is 1. The molecule has 0 spiro atoms. The fourth-order valence-electron chi connectivity index (χ4n) is 2.84. The van der Waals surface area contributed by atoms with E-state index in [4.69, 9.17) is 14.6 Å². The van der Waals surface area contributed by atoms with Crippen molar-refractivity contribution in [3.05, 3.63) is 59.9 Å². The number of imide groups is 1. The molecule has 0 unspecified atom stereocenters. The van der Waals surface area contributed by atoms with Gasteiger partial charge < -0.3 is 14.6 Å². The molecular formula is C21H19NO6. The minimum absolute atomic E-state index is 0.00512. The van der Waals surface area contributed by atoms with Crippen LogP contribution in [0.1, 0.15) is 18.4 Å². The maximum atomic E-state index is 12.4. The molecule has 0 bridgehead atoms. The molecule has 1 aliphatic heterocycles. The summed E-state index contributed by atoms with van der Waals surface area (Å²) in [6, 6.07) is 15.0. The SMILES string of the molecule is COc1cccc(-c2cccc(/C=C3\OC(=O)N(CCCC(=O)O)C3=O)c2)c1. The number of benzene rings is 2. The van der Waals surface area contributed by atoms with Crippen molar-refractivity contribution in [3.63, 3.8) is 0 Å². The van der Waals surface area contributed by atoms with Gasteiger partial charge in [0.2, 0.25) is 0 Å². The molecule has 2 amide bonds. The summed E-state index contributed by atoms with van der Waals surface area (Å²) in [7, 11) is 1.60. The van der Waals surface area contributed by atoms with Gasteiger partial charge in [0.25, 0.3) is 5.91 Å². The molecule has 1 saturated heterocycles. The van der Waals surface area contributed by atoms with Gasteiger partial charge in [-0.15, -0.1) is 0 Å². The molecule has 1 heterocycles. The van der Waals surface area contributed by atoms with Gasteiger partial charge >= 0.3 is 12.1 Å². The molecule has 28 heavy (non-hydrogen) atoms. The minimum Gasteiger partial charge on any atom is -0.497 e. The summed E-state index contributed by atoms with van der Waals surface area (Å²) >= 11 is 0. The maximum Gasteiger partial charge on any atom is 0.422 e. The third-order valence-electron chi connectivity index (χ3n) is 4.23. The number of amides is 2. The Morgan fingerprint density at radius 3 is 2.57 bits per heavy atom. The first-order chi connectivity index (χ1) is 13.5. The summed E-state index contributed by atoms with van der Waals surface area (Å²) in [5, 5.41) is 8.68. The highest BCUT2D eigenvalue weighted by Crippen LogP contribution is 2.26. The van der Waals surface area contributed by atoms with Gasteiger partial charge in [-0.1, -0.05) is 30.3 Å². The van der Waals surface area contributed by atoms with E-state index in [9.17, 15) is 14.4 Å². The fourth-order valence-corrected chi connectivity index (χ4v) is 2.84. The van der Waals surface area contributed by atoms with E-state index in [1.165, 1.54) is 6.08 Å². The fraction of sp³-hybridized carbons (Fsp3) is 0.190. The summed E-state index contributed by atoms with van der Waals surface area (Å²) in [6.07, 6.45) is 0.764. The number of cyclic esters (lactones) is 1. The summed E-state index contributed by atoms with van der Waals surface area (Å²) in [5.41, 5.74) is 2.57. The van der Waals surface area contributed by atoms with Crippen LogP contribution >= 0.6 is 0 Å². The molecule has 0 aromatic heterocycles. The van der Waals surface area contributed by atoms with E-state index in [0.29, 0.717) is 5.56 Å². The molecule has 2 aromatic rings. The van der Waals surface area contributed by atoms with E-state index in [0.717, 1.165) is 21.8 Å². The molecular weight excluding hydrogens is 362 g/mol. The number of carbonyl (C=O) groups is 3. The van der Waals surface area contributed by atoms with Gasteiger partial charge in [0.1, 0.15) is 5.75 Å². The van der Waals surface area contributed by atoms with Gasteiger partial charge in [-0.25, -0.2) is 9.69 Å². The molecule has 7 heteroatoms. The lowest BCUT2D eigenvalue weighted by Crippen LogP contribution is -2.30. The second-order valence-corrected chi connectivity index (χ2v) is 6.19. The van der Waals surface area contributed by atoms with Crippen LogP contribution in [0.4, 0.5) is 4.79 Å². The molecule has 1 fully saturated rings. The average Bonchev–Trinajstić information content (AvgIpc) is 2.95. The Labute approximate surface area is 161 Å². The lowest BCUT2D eigenvalue weighted by molar-refractivity contribution is -0.137. The minimum atomic E-state index is -0.981. The number of hydrogen-bond acceptors (Lipinski definition) is 5. The summed E-state index contributed by atoms with van der Waals surface area (Å²) in [4.78, 5) is 35.8. The molecule has 1 aliphatic rings. The van der Waals surface area contributed by atoms with E-state index >= 15 is 0 Å². The Morgan fingerprint density at radius 1 is 1.14 bits per heavy atom. The number of carbonyl (C=O) groups excluding carboxylic acids is 2. The van der Waals surface area contributed by atoms with Crippen molar-refractivity contribution in [3.8, 4) is 16.9 Å². The Hall–Kier alpha value is -3.61. The number of methoxy groups -OCH3 is 1. The van der Waals surface area contributed by atoms with E-state index in [-0.39, 0.29) is 25.1 Å². The van der Waals surface area contributed by atoms with Gasteiger partial charge in [0.05, 0.1) is 7.11 Å². The monoisotopic (exact) mass is 381 g/mol. The van der Waals surface area contributed by atoms with Crippen molar-refractivity contribution in [2.75, 3.05) is 13.7 Å². The van der Waals surface area contributed by atoms with Crippen molar-refractivity contribution >= 4 is 24.0 Å². The van der Waals surface area contributed by atoms with Crippen molar-refractivity contribution in [2.24, 2.45) is 0 Å². The lowest BCUT2D eigenvalue weighted by Gasteiger charge is -2.08. The number of rotatable bonds is 7. The average molecular weight is 381 g/mol. The zero-order chi connectivity index (χ0) is 20.1. The van der Waals surface area contributed by atoms with Crippen molar-refractivity contribution in [1.82, 2.24) is 4.90 Å². The Kier molecular flexibility index (Phi) is 5.74. The van der Waals surface area contributed by atoms with Crippen LogP contribution in [-0.4, -0.2) is 41.6 Å². The normalized spacial score (nSPS) is 15.0. The van der Waals surface area contributed by atoms with Crippen molar-refractivity contribution < 1.29 is 29.0 Å². The highest BCUT2D eigenvalue weighted by Gasteiger charge is 2.36. The maximum absolute atomic E-state index is 12.4. The quantitative estimate of drug-likeness (QED) is 0.738. The van der Waals surface area contributed by atoms with Crippen molar-refractivity contribution in [2.45, 2.75) is 12.8 Å². The Balaban J connectivity index is 1.79. The Morgan fingerprint density at radius 2 is 1.86 bits per heavy atom. The number of carboxylic acid groups (broad SMARTS) is 1. The molecule has 7 nitrogen and oxygen atoms in total. The molecule has 1 N–H and O–H groups in total. The lowest BCUT2D eigenvalue weighted by atomic mass is 10.0. The first kappa shape index (κ1) is 19.2. The molecule has 0 aliphatic carbocycles. The molecule has 0 radical (unpaired) electrons. The molecule has 3 rings (SSSR count). The van der Waals surface area contributed by atoms with Crippen LogP contribution in [0.3, 0.4) is 0 Å². The summed E-state index contributed by atoms with van der Waals surface area (Å²) < 4.78 is 10.3. The topological polar surface area (TPSA) is 93.1 Å². The van der Waals surface area contributed by atoms with Gasteiger partial charge in [-0.3, -0.25) is 9.59 Å². The molecule has 0 atom stereocenters. The van der Waals surface area contributed by atoms with E-state index in [1.807, 2.05) is 42.5 Å². The summed E-state index contributed by atoms with van der Waals surface area (Å²) in [6.45, 7) is 0.00512. The van der Waals surface area contributed by atoms with Gasteiger partial charge in [0.15, 0.2) is 5.76 Å². The van der Waals surface area contributed by atoms with Crippen LogP contribution in [0.5, 0.6) is 5.75 Å². The van der Waals surface area contributed by atoms with Crippen LogP contribution in [0.2, 0.25) is 0 Å². The van der Waals surface area contributed by atoms with E-state index in [2.05, 4.69) is 0 Å². The highest BCUT2D eigenvalue weighted by atomic mass is 16.6. The Bertz CT molecular complexity index is 949. The summed E-state index contributed by atoms with van der Waals surface area (Å²) in [5.74, 6) is -0.895. The van der Waals surface area contributed by atoms with Gasteiger partial charge in [-0.2, -0.15) is 0 Å². The van der Waals surface area contributed by atoms with E-state index in [1.54, 1.807) is 13.2 Å². The second kappa shape index (κ2) is 8.39. The first-order valence-electron chi connectivity index (χ1n) is 8.69. The third-order valence-corrected chi connectivity index (χ3v) is 4.23. The molecule has 0 saturated carbocycles. The number of nitrogens with zero attached hydrogens (tertiary/aromatic N) is 1. The highest BCUT2D eigenvalue weighted by molar-refractivity contribution is 6.09. The zero-order valence-electron chi connectivity index (χ0n) is 15.3. The molecule has 144 valence electrons. The number of aliphatic carboxylic acids is 1. The molecule has 2 aromatic carbocycles. The number of ether oxygens (including phenoxy) is 2.